The van der Waals surface area contributed by atoms with Gasteiger partial charge in [-0.1, -0.05) is 6.42 Å². The van der Waals surface area contributed by atoms with E-state index in [4.69, 9.17) is 0 Å². The molecule has 0 spiro atoms. The summed E-state index contributed by atoms with van der Waals surface area (Å²) in [5.41, 5.74) is 0. The lowest BCUT2D eigenvalue weighted by molar-refractivity contribution is -0.117. The lowest BCUT2D eigenvalue weighted by Crippen LogP contribution is -2.41. The van der Waals surface area contributed by atoms with E-state index in [0.717, 1.165) is 0 Å². The standard InChI is InChI=1S/C9H17NO/c1-7-4-3-5-9(10-7)6-8(2)11/h7,9-10H,3-6H2,1-2H3/t7-,9+/m1/s1. The van der Waals surface area contributed by atoms with E-state index in [9.17, 15) is 4.79 Å². The fourth-order valence-corrected chi connectivity index (χ4v) is 1.75. The van der Waals surface area contributed by atoms with E-state index in [1.165, 1.54) is 19.3 Å². The Kier molecular flexibility index (Phi) is 3.06. The molecule has 1 aliphatic heterocycles. The van der Waals surface area contributed by atoms with Gasteiger partial charge in [0.1, 0.15) is 5.78 Å². The topological polar surface area (TPSA) is 29.1 Å². The number of ketones is 1. The van der Waals surface area contributed by atoms with Crippen molar-refractivity contribution in [3.8, 4) is 0 Å². The maximum Gasteiger partial charge on any atom is 0.131 e. The number of carbonyl (C=O) groups is 1. The van der Waals surface area contributed by atoms with Crippen LogP contribution < -0.4 is 5.32 Å². The molecule has 0 aromatic rings. The van der Waals surface area contributed by atoms with Crippen molar-refractivity contribution in [2.75, 3.05) is 0 Å². The Morgan fingerprint density at radius 2 is 2.27 bits per heavy atom. The third-order valence-electron chi connectivity index (χ3n) is 2.24. The summed E-state index contributed by atoms with van der Waals surface area (Å²) in [4.78, 5) is 10.8. The molecule has 1 fully saturated rings. The van der Waals surface area contributed by atoms with Gasteiger partial charge in [-0.15, -0.1) is 0 Å². The van der Waals surface area contributed by atoms with Crippen molar-refractivity contribution in [2.45, 2.75) is 51.6 Å². The van der Waals surface area contributed by atoms with E-state index in [2.05, 4.69) is 12.2 Å². The molecule has 0 bridgehead atoms. The van der Waals surface area contributed by atoms with E-state index >= 15 is 0 Å². The Morgan fingerprint density at radius 1 is 1.55 bits per heavy atom. The van der Waals surface area contributed by atoms with Crippen LogP contribution in [-0.2, 0) is 4.79 Å². The summed E-state index contributed by atoms with van der Waals surface area (Å²) in [5.74, 6) is 0.302. The number of hydrogen-bond donors (Lipinski definition) is 1. The van der Waals surface area contributed by atoms with Crippen LogP contribution in [0, 0.1) is 0 Å². The summed E-state index contributed by atoms with van der Waals surface area (Å²) in [7, 11) is 0. The summed E-state index contributed by atoms with van der Waals surface area (Å²) in [5, 5.41) is 3.43. The zero-order chi connectivity index (χ0) is 8.27. The van der Waals surface area contributed by atoms with Gasteiger partial charge in [0.2, 0.25) is 0 Å². The van der Waals surface area contributed by atoms with Gasteiger partial charge in [-0.2, -0.15) is 0 Å². The number of carbonyl (C=O) groups excluding carboxylic acids is 1. The number of rotatable bonds is 2. The van der Waals surface area contributed by atoms with Gasteiger partial charge in [-0.05, 0) is 26.7 Å². The normalized spacial score (nSPS) is 31.8. The predicted octanol–water partition coefficient (Wildman–Crippen LogP) is 1.50. The Labute approximate surface area is 68.4 Å². The van der Waals surface area contributed by atoms with E-state index < -0.39 is 0 Å². The average Bonchev–Trinajstić information content (AvgIpc) is 1.85. The number of nitrogens with one attached hydrogen (secondary N) is 1. The molecule has 1 heterocycles. The highest BCUT2D eigenvalue weighted by molar-refractivity contribution is 5.76. The maximum atomic E-state index is 10.8. The minimum absolute atomic E-state index is 0.302. The molecule has 1 N–H and O–H groups in total. The largest absolute Gasteiger partial charge is 0.311 e. The second kappa shape index (κ2) is 3.86. The van der Waals surface area contributed by atoms with Gasteiger partial charge >= 0.3 is 0 Å². The molecule has 1 aliphatic rings. The van der Waals surface area contributed by atoms with Crippen LogP contribution in [0.3, 0.4) is 0 Å². The van der Waals surface area contributed by atoms with Crippen molar-refractivity contribution in [3.05, 3.63) is 0 Å². The molecule has 0 saturated carbocycles. The first-order valence-corrected chi connectivity index (χ1v) is 4.44. The van der Waals surface area contributed by atoms with Crippen molar-refractivity contribution in [3.63, 3.8) is 0 Å². The molecular weight excluding hydrogens is 138 g/mol. The highest BCUT2D eigenvalue weighted by atomic mass is 16.1. The van der Waals surface area contributed by atoms with Crippen LogP contribution in [0.25, 0.3) is 0 Å². The van der Waals surface area contributed by atoms with Crippen LogP contribution >= 0.6 is 0 Å². The monoisotopic (exact) mass is 155 g/mol. The summed E-state index contributed by atoms with van der Waals surface area (Å²) in [6.07, 6.45) is 4.41. The lowest BCUT2D eigenvalue weighted by Gasteiger charge is -2.27. The summed E-state index contributed by atoms with van der Waals surface area (Å²) < 4.78 is 0. The quantitative estimate of drug-likeness (QED) is 0.654. The molecule has 0 aromatic heterocycles. The van der Waals surface area contributed by atoms with E-state index in [-0.39, 0.29) is 0 Å². The van der Waals surface area contributed by atoms with Gasteiger partial charge in [-0.25, -0.2) is 0 Å². The van der Waals surface area contributed by atoms with Gasteiger partial charge in [0.15, 0.2) is 0 Å². The Hall–Kier alpha value is -0.370. The first-order chi connectivity index (χ1) is 5.18. The Balaban J connectivity index is 2.28. The second-order valence-corrected chi connectivity index (χ2v) is 3.60. The number of Topliss-reactive ketones (excluding diaryl/α,β-unsaturated/α-hetero) is 1. The molecule has 0 aliphatic carbocycles. The molecule has 0 unspecified atom stereocenters. The molecule has 2 nitrogen and oxygen atoms in total. The van der Waals surface area contributed by atoms with Gasteiger partial charge < -0.3 is 5.32 Å². The van der Waals surface area contributed by atoms with Crippen LogP contribution in [-0.4, -0.2) is 17.9 Å². The molecule has 2 heteroatoms. The van der Waals surface area contributed by atoms with Crippen molar-refractivity contribution in [1.29, 1.82) is 0 Å². The summed E-state index contributed by atoms with van der Waals surface area (Å²) in [6.45, 7) is 3.85. The van der Waals surface area contributed by atoms with Gasteiger partial charge in [-0.3, -0.25) is 4.79 Å². The molecule has 0 aromatic carbocycles. The van der Waals surface area contributed by atoms with E-state index in [0.29, 0.717) is 24.3 Å². The van der Waals surface area contributed by atoms with Gasteiger partial charge in [0.25, 0.3) is 0 Å². The summed E-state index contributed by atoms with van der Waals surface area (Å²) >= 11 is 0. The van der Waals surface area contributed by atoms with Crippen molar-refractivity contribution < 1.29 is 4.79 Å². The minimum atomic E-state index is 0.302. The maximum absolute atomic E-state index is 10.8. The highest BCUT2D eigenvalue weighted by Gasteiger charge is 2.18. The fraction of sp³-hybridized carbons (Fsp3) is 0.889. The molecule has 0 radical (unpaired) electrons. The zero-order valence-corrected chi connectivity index (χ0v) is 7.39. The summed E-state index contributed by atoms with van der Waals surface area (Å²) in [6, 6.07) is 1.06. The molecule has 0 amide bonds. The second-order valence-electron chi connectivity index (χ2n) is 3.60. The third kappa shape index (κ3) is 3.02. The zero-order valence-electron chi connectivity index (χ0n) is 7.39. The number of piperidine rings is 1. The smallest absolute Gasteiger partial charge is 0.131 e. The van der Waals surface area contributed by atoms with Crippen molar-refractivity contribution in [1.82, 2.24) is 5.32 Å². The Bertz CT molecular complexity index is 144. The highest BCUT2D eigenvalue weighted by Crippen LogP contribution is 2.14. The molecule has 1 saturated heterocycles. The molecular formula is C9H17NO. The van der Waals surface area contributed by atoms with Crippen molar-refractivity contribution >= 4 is 5.78 Å². The first kappa shape index (κ1) is 8.72. The Morgan fingerprint density at radius 3 is 2.82 bits per heavy atom. The number of hydrogen-bond acceptors (Lipinski definition) is 2. The van der Waals surface area contributed by atoms with Crippen LogP contribution in [0.15, 0.2) is 0 Å². The van der Waals surface area contributed by atoms with Crippen LogP contribution in [0.2, 0.25) is 0 Å². The van der Waals surface area contributed by atoms with Gasteiger partial charge in [0.05, 0.1) is 0 Å². The fourth-order valence-electron chi connectivity index (χ4n) is 1.75. The van der Waals surface area contributed by atoms with Crippen LogP contribution in [0.4, 0.5) is 0 Å². The van der Waals surface area contributed by atoms with E-state index in [1.54, 1.807) is 6.92 Å². The van der Waals surface area contributed by atoms with Crippen LogP contribution in [0.1, 0.15) is 39.5 Å². The lowest BCUT2D eigenvalue weighted by atomic mass is 9.96. The average molecular weight is 155 g/mol. The third-order valence-corrected chi connectivity index (χ3v) is 2.24. The van der Waals surface area contributed by atoms with E-state index in [1.807, 2.05) is 0 Å². The van der Waals surface area contributed by atoms with Gasteiger partial charge in [0, 0.05) is 18.5 Å². The molecule has 64 valence electrons. The van der Waals surface area contributed by atoms with Crippen molar-refractivity contribution in [2.24, 2.45) is 0 Å². The molecule has 1 rings (SSSR count). The SMILES string of the molecule is CC(=O)C[C@@H]1CCC[C@@H](C)N1. The molecule has 2 atom stereocenters. The first-order valence-electron chi connectivity index (χ1n) is 4.44. The minimum Gasteiger partial charge on any atom is -0.311 e. The predicted molar refractivity (Wildman–Crippen MR) is 45.5 cm³/mol. The molecule has 11 heavy (non-hydrogen) atoms. The van der Waals surface area contributed by atoms with Crippen LogP contribution in [0.5, 0.6) is 0 Å².